The number of hydrogen-bond acceptors (Lipinski definition) is 4. The Labute approximate surface area is 178 Å². The smallest absolute Gasteiger partial charge is 0.262 e. The molecule has 0 bridgehead atoms. The fourth-order valence-corrected chi connectivity index (χ4v) is 3.84. The number of nitrogens with one attached hydrogen (secondary N) is 1. The molecule has 0 aliphatic carbocycles. The first-order valence-electron chi connectivity index (χ1n) is 10.5. The highest BCUT2D eigenvalue weighted by atomic mass is 16.5. The number of nitrogens with zero attached hydrogens (tertiary/aromatic N) is 1. The Bertz CT molecular complexity index is 852. The van der Waals surface area contributed by atoms with Gasteiger partial charge < -0.3 is 20.7 Å². The van der Waals surface area contributed by atoms with Crippen LogP contribution in [-0.2, 0) is 16.0 Å². The Morgan fingerprint density at radius 2 is 1.70 bits per heavy atom. The number of likely N-dealkylation sites (tertiary alicyclic amines) is 1. The minimum Gasteiger partial charge on any atom is -0.483 e. The summed E-state index contributed by atoms with van der Waals surface area (Å²) in [5.74, 6) is 0.445. The van der Waals surface area contributed by atoms with E-state index in [1.807, 2.05) is 56.3 Å². The molecule has 2 aromatic rings. The van der Waals surface area contributed by atoms with Gasteiger partial charge in [0.1, 0.15) is 5.75 Å². The predicted octanol–water partition coefficient (Wildman–Crippen LogP) is 3.06. The monoisotopic (exact) mass is 409 g/mol. The molecule has 1 saturated heterocycles. The highest BCUT2D eigenvalue weighted by Gasteiger charge is 2.22. The lowest BCUT2D eigenvalue weighted by Crippen LogP contribution is -2.39. The van der Waals surface area contributed by atoms with Crippen LogP contribution in [0, 0.1) is 19.8 Å². The van der Waals surface area contributed by atoms with Crippen molar-refractivity contribution < 1.29 is 14.3 Å². The number of benzene rings is 2. The molecule has 6 heteroatoms. The first-order valence-corrected chi connectivity index (χ1v) is 10.5. The van der Waals surface area contributed by atoms with Crippen molar-refractivity contribution in [3.05, 3.63) is 59.2 Å². The van der Waals surface area contributed by atoms with E-state index in [2.05, 4.69) is 10.2 Å². The van der Waals surface area contributed by atoms with Crippen LogP contribution in [0.3, 0.4) is 0 Å². The molecular formula is C24H31N3O3. The van der Waals surface area contributed by atoms with Crippen LogP contribution >= 0.6 is 0 Å². The zero-order chi connectivity index (χ0) is 21.5. The number of carbonyl (C=O) groups is 2. The molecule has 1 aliphatic heterocycles. The van der Waals surface area contributed by atoms with Crippen molar-refractivity contribution in [1.29, 1.82) is 0 Å². The molecule has 2 amide bonds. The van der Waals surface area contributed by atoms with Crippen LogP contribution in [0.1, 0.15) is 29.5 Å². The van der Waals surface area contributed by atoms with Crippen molar-refractivity contribution in [2.24, 2.45) is 11.7 Å². The lowest BCUT2D eigenvalue weighted by molar-refractivity contribution is -0.123. The molecule has 0 spiro atoms. The van der Waals surface area contributed by atoms with Gasteiger partial charge in [-0.05, 0) is 75.0 Å². The van der Waals surface area contributed by atoms with E-state index in [1.54, 1.807) is 0 Å². The van der Waals surface area contributed by atoms with Gasteiger partial charge in [0, 0.05) is 18.2 Å². The van der Waals surface area contributed by atoms with Gasteiger partial charge in [0.05, 0.1) is 0 Å². The van der Waals surface area contributed by atoms with Crippen LogP contribution in [0.4, 0.5) is 5.69 Å². The molecule has 160 valence electrons. The Morgan fingerprint density at radius 3 is 2.30 bits per heavy atom. The average molecular weight is 410 g/mol. The third-order valence-electron chi connectivity index (χ3n) is 5.70. The second kappa shape index (κ2) is 10.3. The Morgan fingerprint density at radius 1 is 1.07 bits per heavy atom. The number of piperidine rings is 1. The van der Waals surface area contributed by atoms with Crippen LogP contribution in [0.2, 0.25) is 0 Å². The number of carbonyl (C=O) groups excluding carboxylic acids is 2. The summed E-state index contributed by atoms with van der Waals surface area (Å²) in [5.41, 5.74) is 9.41. The molecule has 2 aromatic carbocycles. The summed E-state index contributed by atoms with van der Waals surface area (Å²) >= 11 is 0. The minimum atomic E-state index is -0.178. The average Bonchev–Trinajstić information content (AvgIpc) is 2.73. The second-order valence-corrected chi connectivity index (χ2v) is 8.02. The van der Waals surface area contributed by atoms with E-state index >= 15 is 0 Å². The Hall–Kier alpha value is -2.86. The van der Waals surface area contributed by atoms with E-state index in [1.165, 1.54) is 5.56 Å². The van der Waals surface area contributed by atoms with Crippen molar-refractivity contribution in [1.82, 2.24) is 4.90 Å². The van der Waals surface area contributed by atoms with Crippen LogP contribution in [0.25, 0.3) is 0 Å². The fourth-order valence-electron chi connectivity index (χ4n) is 3.84. The van der Waals surface area contributed by atoms with Gasteiger partial charge in [-0.1, -0.05) is 30.3 Å². The van der Waals surface area contributed by atoms with Gasteiger partial charge in [0.2, 0.25) is 5.91 Å². The predicted molar refractivity (Wildman–Crippen MR) is 119 cm³/mol. The molecule has 0 saturated carbocycles. The number of nitrogens with two attached hydrogens (primary N) is 1. The first kappa shape index (κ1) is 21.8. The van der Waals surface area contributed by atoms with Gasteiger partial charge >= 0.3 is 0 Å². The van der Waals surface area contributed by atoms with Crippen LogP contribution < -0.4 is 15.8 Å². The van der Waals surface area contributed by atoms with Crippen LogP contribution in [0.5, 0.6) is 5.75 Å². The molecule has 30 heavy (non-hydrogen) atoms. The number of primary amides is 1. The van der Waals surface area contributed by atoms with Crippen molar-refractivity contribution in [2.75, 3.05) is 31.6 Å². The van der Waals surface area contributed by atoms with E-state index in [9.17, 15) is 9.59 Å². The van der Waals surface area contributed by atoms with Crippen LogP contribution in [0.15, 0.2) is 42.5 Å². The van der Waals surface area contributed by atoms with Gasteiger partial charge in [-0.3, -0.25) is 9.59 Å². The summed E-state index contributed by atoms with van der Waals surface area (Å²) in [7, 11) is 0. The quantitative estimate of drug-likeness (QED) is 0.702. The van der Waals surface area contributed by atoms with Crippen LogP contribution in [-0.4, -0.2) is 43.0 Å². The largest absolute Gasteiger partial charge is 0.483 e. The van der Waals surface area contributed by atoms with Gasteiger partial charge in [0.25, 0.3) is 5.91 Å². The second-order valence-electron chi connectivity index (χ2n) is 8.02. The number of ether oxygens (including phenoxy) is 1. The molecule has 1 fully saturated rings. The molecule has 3 rings (SSSR count). The van der Waals surface area contributed by atoms with Gasteiger partial charge in [-0.25, -0.2) is 0 Å². The molecule has 0 atom stereocenters. The molecule has 3 N–H and O–H groups in total. The maximum atomic E-state index is 12.2. The fraction of sp³-hybridized carbons (Fsp3) is 0.417. The lowest BCUT2D eigenvalue weighted by Gasteiger charge is -2.30. The normalized spacial score (nSPS) is 15.0. The van der Waals surface area contributed by atoms with E-state index in [0.29, 0.717) is 0 Å². The summed E-state index contributed by atoms with van der Waals surface area (Å²) in [6.07, 6.45) is 2.64. The van der Waals surface area contributed by atoms with E-state index in [4.69, 9.17) is 10.5 Å². The van der Waals surface area contributed by atoms with E-state index in [0.717, 1.165) is 61.5 Å². The van der Waals surface area contributed by atoms with E-state index in [-0.39, 0.29) is 24.3 Å². The standard InChI is InChI=1S/C24H31N3O3/c1-17-4-3-5-18(2)23(17)30-16-22(28)26-21-8-6-19(7-9-21)10-13-27-14-11-20(12-15-27)24(25)29/h3-9,20H,10-16H2,1-2H3,(H2,25,29)(H,26,28). The van der Waals surface area contributed by atoms with Crippen molar-refractivity contribution in [3.63, 3.8) is 0 Å². The zero-order valence-corrected chi connectivity index (χ0v) is 17.8. The maximum absolute atomic E-state index is 12.2. The highest BCUT2D eigenvalue weighted by Crippen LogP contribution is 2.22. The Balaban J connectivity index is 1.42. The number of amides is 2. The summed E-state index contributed by atoms with van der Waals surface area (Å²) in [4.78, 5) is 25.9. The van der Waals surface area contributed by atoms with Gasteiger partial charge in [-0.15, -0.1) is 0 Å². The SMILES string of the molecule is Cc1cccc(C)c1OCC(=O)Nc1ccc(CCN2CCC(C(N)=O)CC2)cc1. The summed E-state index contributed by atoms with van der Waals surface area (Å²) in [6, 6.07) is 13.8. The highest BCUT2D eigenvalue weighted by molar-refractivity contribution is 5.91. The number of aryl methyl sites for hydroxylation is 2. The molecule has 0 unspecified atom stereocenters. The van der Waals surface area contributed by atoms with E-state index < -0.39 is 0 Å². The number of para-hydroxylation sites is 1. The topological polar surface area (TPSA) is 84.7 Å². The zero-order valence-electron chi connectivity index (χ0n) is 17.8. The Kier molecular flexibility index (Phi) is 7.46. The number of hydrogen-bond donors (Lipinski definition) is 2. The number of rotatable bonds is 8. The summed E-state index contributed by atoms with van der Waals surface area (Å²) in [5, 5.41) is 2.88. The molecule has 0 aromatic heterocycles. The third-order valence-corrected chi connectivity index (χ3v) is 5.70. The number of anilines is 1. The molecule has 0 radical (unpaired) electrons. The molecule has 1 heterocycles. The van der Waals surface area contributed by atoms with Crippen molar-refractivity contribution >= 4 is 17.5 Å². The summed E-state index contributed by atoms with van der Waals surface area (Å²) in [6.45, 7) is 6.72. The third kappa shape index (κ3) is 6.07. The lowest BCUT2D eigenvalue weighted by atomic mass is 9.96. The van der Waals surface area contributed by atoms with Gasteiger partial charge in [-0.2, -0.15) is 0 Å². The van der Waals surface area contributed by atoms with Gasteiger partial charge in [0.15, 0.2) is 6.61 Å². The summed E-state index contributed by atoms with van der Waals surface area (Å²) < 4.78 is 5.71. The first-order chi connectivity index (χ1) is 14.4. The maximum Gasteiger partial charge on any atom is 0.262 e. The molecule has 1 aliphatic rings. The minimum absolute atomic E-state index is 0.0191. The molecule has 6 nitrogen and oxygen atoms in total. The molecular weight excluding hydrogens is 378 g/mol. The van der Waals surface area contributed by atoms with Crippen molar-refractivity contribution in [2.45, 2.75) is 33.1 Å². The van der Waals surface area contributed by atoms with Crippen molar-refractivity contribution in [3.8, 4) is 5.75 Å².